The third-order valence-electron chi connectivity index (χ3n) is 5.20. The summed E-state index contributed by atoms with van der Waals surface area (Å²) in [5.41, 5.74) is 1.29. The highest BCUT2D eigenvalue weighted by molar-refractivity contribution is 5.92. The van der Waals surface area contributed by atoms with E-state index >= 15 is 0 Å². The molecule has 0 spiro atoms. The Labute approximate surface area is 134 Å². The maximum Gasteiger partial charge on any atom is 0.231 e. The number of nitrogens with zero attached hydrogens (tertiary/aromatic N) is 3. The topological polar surface area (TPSA) is 83.6 Å². The SMILES string of the molecule is C=CC1(NC(=O)C2(c3cccc(-c4nn[nH]n4)c3)CC2)CCC1. The van der Waals surface area contributed by atoms with Crippen molar-refractivity contribution in [1.29, 1.82) is 0 Å². The number of carbonyl (C=O) groups is 1. The quantitative estimate of drug-likeness (QED) is 0.829. The summed E-state index contributed by atoms with van der Waals surface area (Å²) in [7, 11) is 0. The monoisotopic (exact) mass is 309 g/mol. The van der Waals surface area contributed by atoms with Crippen molar-refractivity contribution in [1.82, 2.24) is 25.9 Å². The Bertz CT molecular complexity index is 744. The second-order valence-electron chi connectivity index (χ2n) is 6.57. The summed E-state index contributed by atoms with van der Waals surface area (Å²) in [6.07, 6.45) is 6.76. The van der Waals surface area contributed by atoms with Crippen molar-refractivity contribution in [2.45, 2.75) is 43.1 Å². The van der Waals surface area contributed by atoms with E-state index in [0.717, 1.165) is 43.2 Å². The molecule has 1 heterocycles. The van der Waals surface area contributed by atoms with E-state index in [1.165, 1.54) is 0 Å². The van der Waals surface area contributed by atoms with Crippen LogP contribution in [0.3, 0.4) is 0 Å². The van der Waals surface area contributed by atoms with Crippen LogP contribution in [0, 0.1) is 0 Å². The van der Waals surface area contributed by atoms with Gasteiger partial charge in [0.2, 0.25) is 11.7 Å². The molecule has 1 aromatic carbocycles. The summed E-state index contributed by atoms with van der Waals surface area (Å²) in [6.45, 7) is 3.89. The molecule has 0 bridgehead atoms. The summed E-state index contributed by atoms with van der Waals surface area (Å²) in [5.74, 6) is 0.659. The van der Waals surface area contributed by atoms with Crippen molar-refractivity contribution in [2.75, 3.05) is 0 Å². The third kappa shape index (κ3) is 2.25. The van der Waals surface area contributed by atoms with E-state index in [1.807, 2.05) is 30.3 Å². The summed E-state index contributed by atoms with van der Waals surface area (Å²) in [6, 6.07) is 7.89. The fourth-order valence-corrected chi connectivity index (χ4v) is 3.30. The van der Waals surface area contributed by atoms with E-state index in [-0.39, 0.29) is 11.4 Å². The second-order valence-corrected chi connectivity index (χ2v) is 6.57. The molecule has 23 heavy (non-hydrogen) atoms. The molecule has 0 unspecified atom stereocenters. The number of hydrogen-bond donors (Lipinski definition) is 2. The molecule has 2 aliphatic rings. The smallest absolute Gasteiger partial charge is 0.231 e. The molecule has 2 N–H and O–H groups in total. The summed E-state index contributed by atoms with van der Waals surface area (Å²) < 4.78 is 0. The molecule has 1 amide bonds. The summed E-state index contributed by atoms with van der Waals surface area (Å²) >= 11 is 0. The van der Waals surface area contributed by atoms with E-state index < -0.39 is 5.41 Å². The van der Waals surface area contributed by atoms with Crippen LogP contribution in [0.5, 0.6) is 0 Å². The predicted molar refractivity (Wildman–Crippen MR) is 85.4 cm³/mol. The van der Waals surface area contributed by atoms with Crippen LogP contribution in [-0.2, 0) is 10.2 Å². The van der Waals surface area contributed by atoms with Crippen molar-refractivity contribution >= 4 is 5.91 Å². The Morgan fingerprint density at radius 3 is 2.70 bits per heavy atom. The molecule has 0 aliphatic heterocycles. The highest BCUT2D eigenvalue weighted by atomic mass is 16.2. The number of tetrazole rings is 1. The van der Waals surface area contributed by atoms with Gasteiger partial charge in [0.1, 0.15) is 0 Å². The fourth-order valence-electron chi connectivity index (χ4n) is 3.30. The largest absolute Gasteiger partial charge is 0.346 e. The van der Waals surface area contributed by atoms with Crippen molar-refractivity contribution in [3.05, 3.63) is 42.5 Å². The van der Waals surface area contributed by atoms with E-state index in [1.54, 1.807) is 0 Å². The van der Waals surface area contributed by atoms with Crippen molar-refractivity contribution in [3.63, 3.8) is 0 Å². The van der Waals surface area contributed by atoms with Gasteiger partial charge in [0.05, 0.1) is 11.0 Å². The molecule has 1 aromatic heterocycles. The zero-order chi connectivity index (χ0) is 15.9. The molecule has 6 heteroatoms. The lowest BCUT2D eigenvalue weighted by Gasteiger charge is -2.41. The number of hydrogen-bond acceptors (Lipinski definition) is 4. The minimum Gasteiger partial charge on any atom is -0.346 e. The maximum atomic E-state index is 12.9. The highest BCUT2D eigenvalue weighted by Gasteiger charge is 2.53. The Balaban J connectivity index is 1.61. The third-order valence-corrected chi connectivity index (χ3v) is 5.20. The lowest BCUT2D eigenvalue weighted by Crippen LogP contribution is -2.54. The summed E-state index contributed by atoms with van der Waals surface area (Å²) in [5, 5.41) is 17.3. The number of rotatable bonds is 5. The zero-order valence-electron chi connectivity index (χ0n) is 12.9. The van der Waals surface area contributed by atoms with Gasteiger partial charge in [-0.05, 0) is 48.9 Å². The van der Waals surface area contributed by atoms with Crippen LogP contribution in [0.1, 0.15) is 37.7 Å². The number of amides is 1. The average molecular weight is 309 g/mol. The average Bonchev–Trinajstić information content (AvgIpc) is 3.18. The van der Waals surface area contributed by atoms with Gasteiger partial charge < -0.3 is 5.32 Å². The van der Waals surface area contributed by atoms with Gasteiger partial charge in [-0.2, -0.15) is 5.21 Å². The first-order chi connectivity index (χ1) is 11.2. The lowest BCUT2D eigenvalue weighted by molar-refractivity contribution is -0.125. The molecule has 0 atom stereocenters. The molecule has 2 fully saturated rings. The Kier molecular flexibility index (Phi) is 3.07. The Morgan fingerprint density at radius 1 is 1.30 bits per heavy atom. The highest BCUT2D eigenvalue weighted by Crippen LogP contribution is 2.50. The van der Waals surface area contributed by atoms with Gasteiger partial charge in [-0.3, -0.25) is 4.79 Å². The van der Waals surface area contributed by atoms with Crippen LogP contribution >= 0.6 is 0 Å². The van der Waals surface area contributed by atoms with Gasteiger partial charge in [-0.15, -0.1) is 16.8 Å². The number of H-pyrrole nitrogens is 1. The van der Waals surface area contributed by atoms with E-state index in [4.69, 9.17) is 0 Å². The van der Waals surface area contributed by atoms with Crippen molar-refractivity contribution < 1.29 is 4.79 Å². The summed E-state index contributed by atoms with van der Waals surface area (Å²) in [4.78, 5) is 12.9. The normalized spacial score (nSPS) is 20.3. The lowest BCUT2D eigenvalue weighted by atomic mass is 9.76. The van der Waals surface area contributed by atoms with Gasteiger partial charge in [0, 0.05) is 5.56 Å². The van der Waals surface area contributed by atoms with Gasteiger partial charge in [-0.1, -0.05) is 24.3 Å². The second kappa shape index (κ2) is 5.01. The zero-order valence-corrected chi connectivity index (χ0v) is 12.9. The van der Waals surface area contributed by atoms with E-state index in [2.05, 4.69) is 32.5 Å². The van der Waals surface area contributed by atoms with Crippen LogP contribution in [0.15, 0.2) is 36.9 Å². The minimum atomic E-state index is -0.411. The van der Waals surface area contributed by atoms with Gasteiger partial charge in [0.25, 0.3) is 0 Å². The number of nitrogens with one attached hydrogen (secondary N) is 2. The first-order valence-electron chi connectivity index (χ1n) is 7.98. The molecule has 6 nitrogen and oxygen atoms in total. The maximum absolute atomic E-state index is 12.9. The van der Waals surface area contributed by atoms with Crippen LogP contribution in [0.25, 0.3) is 11.4 Å². The van der Waals surface area contributed by atoms with E-state index in [9.17, 15) is 4.79 Å². The number of benzene rings is 1. The fraction of sp³-hybridized carbons (Fsp3) is 0.412. The molecular formula is C17H19N5O. The first-order valence-corrected chi connectivity index (χ1v) is 7.98. The van der Waals surface area contributed by atoms with Crippen LogP contribution in [0.2, 0.25) is 0 Å². The Morgan fingerprint density at radius 2 is 2.13 bits per heavy atom. The van der Waals surface area contributed by atoms with Crippen LogP contribution in [0.4, 0.5) is 0 Å². The number of aromatic nitrogens is 4. The number of carbonyl (C=O) groups excluding carboxylic acids is 1. The molecule has 118 valence electrons. The molecule has 2 saturated carbocycles. The minimum absolute atomic E-state index is 0.113. The van der Waals surface area contributed by atoms with Crippen molar-refractivity contribution in [3.8, 4) is 11.4 Å². The van der Waals surface area contributed by atoms with Crippen LogP contribution < -0.4 is 5.32 Å². The first kappa shape index (κ1) is 14.1. The standard InChI is InChI=1S/C17H19N5O/c1-2-16(7-4-8-16)18-15(23)17(9-10-17)13-6-3-5-12(11-13)14-19-21-22-20-14/h2-3,5-6,11H,1,4,7-10H2,(H,18,23)(H,19,20,21,22). The molecule has 2 aliphatic carbocycles. The molecule has 0 saturated heterocycles. The molecular weight excluding hydrogens is 290 g/mol. The molecule has 0 radical (unpaired) electrons. The number of aromatic amines is 1. The van der Waals surface area contributed by atoms with Gasteiger partial charge in [0.15, 0.2) is 0 Å². The molecule has 4 rings (SSSR count). The Hall–Kier alpha value is -2.50. The van der Waals surface area contributed by atoms with Crippen LogP contribution in [-0.4, -0.2) is 32.1 Å². The van der Waals surface area contributed by atoms with Crippen molar-refractivity contribution in [2.24, 2.45) is 0 Å². The molecule has 2 aromatic rings. The van der Waals surface area contributed by atoms with Gasteiger partial charge >= 0.3 is 0 Å². The van der Waals surface area contributed by atoms with E-state index in [0.29, 0.717) is 5.82 Å². The van der Waals surface area contributed by atoms with Gasteiger partial charge in [-0.25, -0.2) is 0 Å². The predicted octanol–water partition coefficient (Wildman–Crippen LogP) is 2.12.